The molecule has 2 unspecified atom stereocenters. The first-order chi connectivity index (χ1) is 19.0. The van der Waals surface area contributed by atoms with Gasteiger partial charge in [0.15, 0.2) is 0 Å². The molecular formula is C32H41N3O4S. The minimum absolute atomic E-state index is 0.0771. The van der Waals surface area contributed by atoms with Crippen molar-refractivity contribution in [1.29, 1.82) is 0 Å². The first-order valence-corrected chi connectivity index (χ1v) is 15.6. The maximum atomic E-state index is 14.1. The topological polar surface area (TPSA) is 86.8 Å². The lowest BCUT2D eigenvalue weighted by Gasteiger charge is -2.34. The van der Waals surface area contributed by atoms with Crippen LogP contribution in [-0.2, 0) is 39.0 Å². The number of benzene rings is 3. The summed E-state index contributed by atoms with van der Waals surface area (Å²) in [4.78, 5) is 29.3. The highest BCUT2D eigenvalue weighted by Crippen LogP contribution is 2.21. The summed E-state index contributed by atoms with van der Waals surface area (Å²) in [5.74, 6) is -0.720. The van der Waals surface area contributed by atoms with Crippen molar-refractivity contribution < 1.29 is 18.0 Å². The smallest absolute Gasteiger partial charge is 0.244 e. The standard InChI is InChI=1S/C32H41N3O4S/c1-6-25(4)33-32(37)30(21-27-11-9-8-10-12-27)34(22-28-15-13-24(3)14-16-28)31(36)23-35(40(5,38)39)29-19-17-26(7-2)18-20-29/h8-20,25,30H,6-7,21-23H2,1-5H3,(H,33,37). The molecule has 0 radical (unpaired) electrons. The van der Waals surface area contributed by atoms with E-state index >= 15 is 0 Å². The van der Waals surface area contributed by atoms with Gasteiger partial charge in [-0.25, -0.2) is 8.42 Å². The average molecular weight is 564 g/mol. The van der Waals surface area contributed by atoms with Gasteiger partial charge in [0.2, 0.25) is 21.8 Å². The van der Waals surface area contributed by atoms with Gasteiger partial charge >= 0.3 is 0 Å². The van der Waals surface area contributed by atoms with Gasteiger partial charge < -0.3 is 10.2 Å². The van der Waals surface area contributed by atoms with E-state index in [9.17, 15) is 18.0 Å². The fourth-order valence-electron chi connectivity index (χ4n) is 4.40. The molecule has 0 saturated heterocycles. The molecular weight excluding hydrogens is 522 g/mol. The van der Waals surface area contributed by atoms with Crippen LogP contribution in [0.4, 0.5) is 5.69 Å². The quantitative estimate of drug-likeness (QED) is 0.321. The van der Waals surface area contributed by atoms with E-state index in [0.717, 1.165) is 45.7 Å². The van der Waals surface area contributed by atoms with Gasteiger partial charge in [-0.15, -0.1) is 0 Å². The number of rotatable bonds is 13. The fraction of sp³-hybridized carbons (Fsp3) is 0.375. The lowest BCUT2D eigenvalue weighted by atomic mass is 10.0. The van der Waals surface area contributed by atoms with Crippen LogP contribution < -0.4 is 9.62 Å². The van der Waals surface area contributed by atoms with E-state index in [1.165, 1.54) is 4.90 Å². The highest BCUT2D eigenvalue weighted by Gasteiger charge is 2.33. The molecule has 214 valence electrons. The Bertz CT molecular complexity index is 1360. The van der Waals surface area contributed by atoms with Gasteiger partial charge in [-0.05, 0) is 55.5 Å². The number of aryl methyl sites for hydroxylation is 2. The van der Waals surface area contributed by atoms with Crippen molar-refractivity contribution in [2.75, 3.05) is 17.1 Å². The highest BCUT2D eigenvalue weighted by atomic mass is 32.2. The highest BCUT2D eigenvalue weighted by molar-refractivity contribution is 7.92. The van der Waals surface area contributed by atoms with Crippen LogP contribution in [0.15, 0.2) is 78.9 Å². The van der Waals surface area contributed by atoms with Crippen molar-refractivity contribution in [2.45, 2.75) is 65.6 Å². The minimum Gasteiger partial charge on any atom is -0.352 e. The molecule has 0 saturated carbocycles. The zero-order chi connectivity index (χ0) is 29.3. The summed E-state index contributed by atoms with van der Waals surface area (Å²) in [5, 5.41) is 3.04. The summed E-state index contributed by atoms with van der Waals surface area (Å²) in [6, 6.07) is 23.6. The van der Waals surface area contributed by atoms with Gasteiger partial charge in [0, 0.05) is 19.0 Å². The second-order valence-electron chi connectivity index (χ2n) is 10.3. The fourth-order valence-corrected chi connectivity index (χ4v) is 5.25. The van der Waals surface area contributed by atoms with E-state index in [1.807, 2.05) is 94.4 Å². The van der Waals surface area contributed by atoms with Gasteiger partial charge in [0.05, 0.1) is 11.9 Å². The molecule has 0 bridgehead atoms. The molecule has 3 rings (SSSR count). The molecule has 3 aromatic carbocycles. The van der Waals surface area contributed by atoms with Crippen molar-refractivity contribution >= 4 is 27.5 Å². The number of hydrogen-bond donors (Lipinski definition) is 1. The van der Waals surface area contributed by atoms with E-state index < -0.39 is 28.5 Å². The van der Waals surface area contributed by atoms with Crippen LogP contribution >= 0.6 is 0 Å². The van der Waals surface area contributed by atoms with Crippen LogP contribution in [-0.4, -0.2) is 50.0 Å². The number of amides is 2. The van der Waals surface area contributed by atoms with Crippen molar-refractivity contribution in [1.82, 2.24) is 10.2 Å². The van der Waals surface area contributed by atoms with Crippen LogP contribution in [0.1, 0.15) is 49.4 Å². The number of anilines is 1. The van der Waals surface area contributed by atoms with Crippen molar-refractivity contribution in [3.05, 3.63) is 101 Å². The van der Waals surface area contributed by atoms with E-state index in [2.05, 4.69) is 5.32 Å². The predicted octanol–water partition coefficient (Wildman–Crippen LogP) is 4.88. The first-order valence-electron chi connectivity index (χ1n) is 13.8. The summed E-state index contributed by atoms with van der Waals surface area (Å²) in [7, 11) is -3.79. The van der Waals surface area contributed by atoms with Crippen LogP contribution in [0.25, 0.3) is 0 Å². The summed E-state index contributed by atoms with van der Waals surface area (Å²) < 4.78 is 26.9. The van der Waals surface area contributed by atoms with Crippen molar-refractivity contribution in [3.63, 3.8) is 0 Å². The summed E-state index contributed by atoms with van der Waals surface area (Å²) in [6.45, 7) is 7.66. The Balaban J connectivity index is 2.04. The second-order valence-corrected chi connectivity index (χ2v) is 12.2. The Kier molecular flexibility index (Phi) is 10.9. The van der Waals surface area contributed by atoms with Gasteiger partial charge in [-0.2, -0.15) is 0 Å². The number of sulfonamides is 1. The third kappa shape index (κ3) is 8.68. The number of carbonyl (C=O) groups is 2. The zero-order valence-electron chi connectivity index (χ0n) is 24.1. The SMILES string of the molecule is CCc1ccc(N(CC(=O)N(Cc2ccc(C)cc2)C(Cc2ccccc2)C(=O)NC(C)CC)S(C)(=O)=O)cc1. The molecule has 8 heteroatoms. The second kappa shape index (κ2) is 14.1. The van der Waals surface area contributed by atoms with Crippen LogP contribution in [0.2, 0.25) is 0 Å². The molecule has 0 fully saturated rings. The van der Waals surface area contributed by atoms with Crippen LogP contribution in [0.5, 0.6) is 0 Å². The van der Waals surface area contributed by atoms with E-state index in [1.54, 1.807) is 12.1 Å². The Morgan fingerprint density at radius 2 is 1.45 bits per heavy atom. The van der Waals surface area contributed by atoms with E-state index in [-0.39, 0.29) is 18.5 Å². The third-order valence-electron chi connectivity index (χ3n) is 7.06. The molecule has 0 aliphatic rings. The van der Waals surface area contributed by atoms with Crippen molar-refractivity contribution in [2.24, 2.45) is 0 Å². The summed E-state index contributed by atoms with van der Waals surface area (Å²) >= 11 is 0. The normalized spacial score (nSPS) is 12.8. The number of hydrogen-bond acceptors (Lipinski definition) is 4. The molecule has 1 N–H and O–H groups in total. The molecule has 0 heterocycles. The predicted molar refractivity (Wildman–Crippen MR) is 162 cm³/mol. The molecule has 0 aliphatic heterocycles. The van der Waals surface area contributed by atoms with E-state index in [0.29, 0.717) is 12.1 Å². The number of nitrogens with one attached hydrogen (secondary N) is 1. The van der Waals surface area contributed by atoms with Gasteiger partial charge in [0.25, 0.3) is 0 Å². The molecule has 40 heavy (non-hydrogen) atoms. The molecule has 2 amide bonds. The van der Waals surface area contributed by atoms with Crippen molar-refractivity contribution in [3.8, 4) is 0 Å². The lowest BCUT2D eigenvalue weighted by molar-refractivity contribution is -0.140. The molecule has 0 aliphatic carbocycles. The Morgan fingerprint density at radius 3 is 2.00 bits per heavy atom. The van der Waals surface area contributed by atoms with Crippen LogP contribution in [0.3, 0.4) is 0 Å². The maximum Gasteiger partial charge on any atom is 0.244 e. The number of nitrogens with zero attached hydrogens (tertiary/aromatic N) is 2. The minimum atomic E-state index is -3.79. The Labute approximate surface area is 239 Å². The van der Waals surface area contributed by atoms with Crippen LogP contribution in [0, 0.1) is 6.92 Å². The largest absolute Gasteiger partial charge is 0.352 e. The molecule has 2 atom stereocenters. The number of carbonyl (C=O) groups excluding carboxylic acids is 2. The Hall–Kier alpha value is -3.65. The maximum absolute atomic E-state index is 14.1. The Morgan fingerprint density at radius 1 is 0.850 bits per heavy atom. The lowest BCUT2D eigenvalue weighted by Crippen LogP contribution is -2.54. The van der Waals surface area contributed by atoms with E-state index in [4.69, 9.17) is 0 Å². The van der Waals surface area contributed by atoms with Gasteiger partial charge in [-0.1, -0.05) is 86.1 Å². The zero-order valence-corrected chi connectivity index (χ0v) is 24.9. The molecule has 7 nitrogen and oxygen atoms in total. The summed E-state index contributed by atoms with van der Waals surface area (Å²) in [6.07, 6.45) is 2.94. The first kappa shape index (κ1) is 30.9. The molecule has 0 spiro atoms. The molecule has 0 aromatic heterocycles. The molecule has 3 aromatic rings. The summed E-state index contributed by atoms with van der Waals surface area (Å²) in [5.41, 5.74) is 4.31. The van der Waals surface area contributed by atoms with Gasteiger partial charge in [0.1, 0.15) is 12.6 Å². The monoisotopic (exact) mass is 563 g/mol. The average Bonchev–Trinajstić information content (AvgIpc) is 2.94. The third-order valence-corrected chi connectivity index (χ3v) is 8.20. The van der Waals surface area contributed by atoms with Gasteiger partial charge in [-0.3, -0.25) is 13.9 Å².